The van der Waals surface area contributed by atoms with Crippen molar-refractivity contribution in [3.63, 3.8) is 0 Å². The standard InChI is InChI=1S/C18H20N6O3S/c25-18-8-7-16(21-24(18)15-5-2-1-3-6-15)22-9-4-10-23(12-11-22)28(26,27)17-13-19-14-20-17/h1-3,5-8,13-14H,4,9-12H2,(H,19,20). The zero-order valence-corrected chi connectivity index (χ0v) is 15.9. The number of para-hydroxylation sites is 1. The van der Waals surface area contributed by atoms with Crippen molar-refractivity contribution in [2.24, 2.45) is 0 Å². The summed E-state index contributed by atoms with van der Waals surface area (Å²) in [6.45, 7) is 1.87. The van der Waals surface area contributed by atoms with Crippen LogP contribution in [0.1, 0.15) is 6.42 Å². The molecule has 146 valence electrons. The Bertz CT molecular complexity index is 1100. The number of rotatable bonds is 4. The molecule has 1 aliphatic heterocycles. The van der Waals surface area contributed by atoms with Crippen molar-refractivity contribution in [2.45, 2.75) is 11.4 Å². The lowest BCUT2D eigenvalue weighted by Gasteiger charge is -2.22. The molecule has 1 fully saturated rings. The minimum atomic E-state index is -3.59. The minimum absolute atomic E-state index is 0.0942. The van der Waals surface area contributed by atoms with Gasteiger partial charge in [-0.2, -0.15) is 8.99 Å². The highest BCUT2D eigenvalue weighted by Crippen LogP contribution is 2.18. The molecule has 0 spiro atoms. The van der Waals surface area contributed by atoms with Crippen LogP contribution in [0.5, 0.6) is 0 Å². The van der Waals surface area contributed by atoms with Gasteiger partial charge in [-0.1, -0.05) is 18.2 Å². The van der Waals surface area contributed by atoms with Gasteiger partial charge in [0.05, 0.1) is 18.2 Å². The fourth-order valence-corrected chi connectivity index (χ4v) is 4.58. The van der Waals surface area contributed by atoms with E-state index in [0.717, 1.165) is 0 Å². The molecule has 1 aliphatic rings. The van der Waals surface area contributed by atoms with Crippen LogP contribution in [0.2, 0.25) is 0 Å². The lowest BCUT2D eigenvalue weighted by molar-refractivity contribution is 0.431. The summed E-state index contributed by atoms with van der Waals surface area (Å²) in [6, 6.07) is 12.4. The molecule has 1 N–H and O–H groups in total. The molecule has 0 amide bonds. The molecule has 0 bridgehead atoms. The topological polar surface area (TPSA) is 104 Å². The van der Waals surface area contributed by atoms with Gasteiger partial charge in [0, 0.05) is 32.2 Å². The van der Waals surface area contributed by atoms with Gasteiger partial charge in [0.15, 0.2) is 5.03 Å². The number of nitrogens with one attached hydrogen (secondary N) is 1. The van der Waals surface area contributed by atoms with E-state index in [-0.39, 0.29) is 10.6 Å². The van der Waals surface area contributed by atoms with Crippen molar-refractivity contribution in [1.29, 1.82) is 0 Å². The predicted molar refractivity (Wildman–Crippen MR) is 104 cm³/mol. The number of aromatic nitrogens is 4. The highest BCUT2D eigenvalue weighted by atomic mass is 32.2. The summed E-state index contributed by atoms with van der Waals surface area (Å²) in [7, 11) is -3.59. The second-order valence-electron chi connectivity index (χ2n) is 6.44. The second kappa shape index (κ2) is 7.56. The summed E-state index contributed by atoms with van der Waals surface area (Å²) < 4.78 is 28.2. The van der Waals surface area contributed by atoms with Gasteiger partial charge in [0.1, 0.15) is 5.82 Å². The second-order valence-corrected chi connectivity index (χ2v) is 8.34. The molecule has 0 saturated carbocycles. The van der Waals surface area contributed by atoms with Gasteiger partial charge in [0.2, 0.25) is 0 Å². The van der Waals surface area contributed by atoms with E-state index < -0.39 is 10.0 Å². The average molecular weight is 400 g/mol. The Hall–Kier alpha value is -2.98. The number of benzene rings is 1. The van der Waals surface area contributed by atoms with Crippen molar-refractivity contribution in [1.82, 2.24) is 24.1 Å². The quantitative estimate of drug-likeness (QED) is 0.697. The first kappa shape index (κ1) is 18.4. The van der Waals surface area contributed by atoms with E-state index >= 15 is 0 Å². The maximum absolute atomic E-state index is 12.7. The Morgan fingerprint density at radius 2 is 1.79 bits per heavy atom. The molecule has 3 heterocycles. The molecule has 1 saturated heterocycles. The highest BCUT2D eigenvalue weighted by molar-refractivity contribution is 7.89. The summed E-state index contributed by atoms with van der Waals surface area (Å²) in [4.78, 5) is 20.7. The SMILES string of the molecule is O=c1ccc(N2CCCN(S(=O)(=O)c3cnc[nH]3)CC2)nn1-c1ccccc1. The van der Waals surface area contributed by atoms with Crippen LogP contribution < -0.4 is 10.5 Å². The third kappa shape index (κ3) is 3.56. The molecule has 2 aromatic heterocycles. The van der Waals surface area contributed by atoms with Crippen molar-refractivity contribution in [3.05, 3.63) is 65.3 Å². The third-order valence-electron chi connectivity index (χ3n) is 4.66. The fourth-order valence-electron chi connectivity index (χ4n) is 3.21. The molecule has 0 radical (unpaired) electrons. The fraction of sp³-hybridized carbons (Fsp3) is 0.278. The number of aromatic amines is 1. The van der Waals surface area contributed by atoms with E-state index in [0.29, 0.717) is 44.1 Å². The average Bonchev–Trinajstić information content (AvgIpc) is 3.15. The molecule has 9 nitrogen and oxygen atoms in total. The number of hydrogen-bond acceptors (Lipinski definition) is 6. The van der Waals surface area contributed by atoms with Crippen LogP contribution in [-0.4, -0.2) is 58.7 Å². The van der Waals surface area contributed by atoms with Crippen LogP contribution in [-0.2, 0) is 10.0 Å². The van der Waals surface area contributed by atoms with Crippen LogP contribution in [0.3, 0.4) is 0 Å². The van der Waals surface area contributed by atoms with E-state index in [4.69, 9.17) is 0 Å². The van der Waals surface area contributed by atoms with E-state index in [1.54, 1.807) is 6.07 Å². The van der Waals surface area contributed by atoms with Gasteiger partial charge < -0.3 is 9.88 Å². The van der Waals surface area contributed by atoms with Crippen LogP contribution in [0, 0.1) is 0 Å². The molecular formula is C18H20N6O3S. The van der Waals surface area contributed by atoms with Crippen molar-refractivity contribution in [2.75, 3.05) is 31.1 Å². The van der Waals surface area contributed by atoms with E-state index in [9.17, 15) is 13.2 Å². The Labute approximate surface area is 162 Å². The third-order valence-corrected chi connectivity index (χ3v) is 6.48. The van der Waals surface area contributed by atoms with Gasteiger partial charge in [-0.05, 0) is 24.6 Å². The number of anilines is 1. The zero-order valence-electron chi connectivity index (χ0n) is 15.1. The molecular weight excluding hydrogens is 380 g/mol. The van der Waals surface area contributed by atoms with Gasteiger partial charge >= 0.3 is 0 Å². The largest absolute Gasteiger partial charge is 0.354 e. The number of nitrogens with zero attached hydrogens (tertiary/aromatic N) is 5. The number of H-pyrrole nitrogens is 1. The number of hydrogen-bond donors (Lipinski definition) is 1. The lowest BCUT2D eigenvalue weighted by atomic mass is 10.3. The van der Waals surface area contributed by atoms with Crippen molar-refractivity contribution < 1.29 is 8.42 Å². The van der Waals surface area contributed by atoms with Gasteiger partial charge in [0.25, 0.3) is 15.6 Å². The first-order valence-electron chi connectivity index (χ1n) is 8.95. The highest BCUT2D eigenvalue weighted by Gasteiger charge is 2.28. The van der Waals surface area contributed by atoms with E-state index in [1.807, 2.05) is 35.2 Å². The first-order valence-corrected chi connectivity index (χ1v) is 10.4. The Morgan fingerprint density at radius 1 is 0.964 bits per heavy atom. The molecule has 0 unspecified atom stereocenters. The maximum atomic E-state index is 12.7. The molecule has 28 heavy (non-hydrogen) atoms. The molecule has 0 atom stereocenters. The summed E-state index contributed by atoms with van der Waals surface area (Å²) in [6.07, 6.45) is 3.32. The van der Waals surface area contributed by atoms with Crippen LogP contribution >= 0.6 is 0 Å². The van der Waals surface area contributed by atoms with Gasteiger partial charge in [-0.3, -0.25) is 4.79 Å². The van der Waals surface area contributed by atoms with Gasteiger partial charge in [-0.25, -0.2) is 13.4 Å². The lowest BCUT2D eigenvalue weighted by Crippen LogP contribution is -2.36. The summed E-state index contributed by atoms with van der Waals surface area (Å²) in [5.41, 5.74) is 0.473. The van der Waals surface area contributed by atoms with Crippen molar-refractivity contribution >= 4 is 15.8 Å². The normalized spacial score (nSPS) is 16.1. The minimum Gasteiger partial charge on any atom is -0.354 e. The van der Waals surface area contributed by atoms with Gasteiger partial charge in [-0.15, -0.1) is 5.10 Å². The summed E-state index contributed by atoms with van der Waals surface area (Å²) in [5.74, 6) is 0.643. The molecule has 4 rings (SSSR count). The van der Waals surface area contributed by atoms with Crippen molar-refractivity contribution in [3.8, 4) is 5.69 Å². The monoisotopic (exact) mass is 400 g/mol. The number of imidazole rings is 1. The summed E-state index contributed by atoms with van der Waals surface area (Å²) in [5, 5.41) is 4.59. The van der Waals surface area contributed by atoms with Crippen LogP contribution in [0.4, 0.5) is 5.82 Å². The number of sulfonamides is 1. The first-order chi connectivity index (χ1) is 13.6. The molecule has 10 heteroatoms. The molecule has 3 aromatic rings. The smallest absolute Gasteiger partial charge is 0.271 e. The Morgan fingerprint density at radius 3 is 2.54 bits per heavy atom. The zero-order chi connectivity index (χ0) is 19.6. The van der Waals surface area contributed by atoms with Crippen LogP contribution in [0.15, 0.2) is 64.8 Å². The molecule has 0 aliphatic carbocycles. The predicted octanol–water partition coefficient (Wildman–Crippen LogP) is 0.857. The Kier molecular flexibility index (Phi) is 4.97. The van der Waals surface area contributed by atoms with Crippen LogP contribution in [0.25, 0.3) is 5.69 Å². The van der Waals surface area contributed by atoms with E-state index in [2.05, 4.69) is 15.1 Å². The molecule has 1 aromatic carbocycles. The Balaban J connectivity index is 1.56. The van der Waals surface area contributed by atoms with E-state index in [1.165, 1.54) is 27.6 Å². The summed E-state index contributed by atoms with van der Waals surface area (Å²) >= 11 is 0. The maximum Gasteiger partial charge on any atom is 0.271 e.